The second kappa shape index (κ2) is 4.56. The van der Waals surface area contributed by atoms with Gasteiger partial charge < -0.3 is 9.47 Å². The van der Waals surface area contributed by atoms with Gasteiger partial charge in [-0.3, -0.25) is 0 Å². The molecule has 0 N–H and O–H groups in total. The number of benzene rings is 1. The van der Waals surface area contributed by atoms with Crippen LogP contribution in [0.15, 0.2) is 30.3 Å². The van der Waals surface area contributed by atoms with Crippen LogP contribution in [0.1, 0.15) is 30.9 Å². The van der Waals surface area contributed by atoms with Gasteiger partial charge in [-0.15, -0.1) is 0 Å². The molecule has 2 heteroatoms. The van der Waals surface area contributed by atoms with Gasteiger partial charge in [-0.25, -0.2) is 0 Å². The lowest BCUT2D eigenvalue weighted by atomic mass is 9.82. The number of rotatable bonds is 1. The molecule has 0 radical (unpaired) electrons. The Bertz CT molecular complexity index is 334. The topological polar surface area (TPSA) is 18.5 Å². The Morgan fingerprint density at radius 2 is 1.81 bits per heavy atom. The zero-order valence-electron chi connectivity index (χ0n) is 9.47. The zero-order chi connectivity index (χ0) is 10.8. The third-order valence-electron chi connectivity index (χ3n) is 3.71. The summed E-state index contributed by atoms with van der Waals surface area (Å²) in [5.41, 5.74) is 1.31. The molecular formula is C14H18O2. The summed E-state index contributed by atoms with van der Waals surface area (Å²) in [4.78, 5) is 0. The van der Waals surface area contributed by atoms with E-state index in [9.17, 15) is 0 Å². The third kappa shape index (κ3) is 1.87. The molecule has 2 saturated heterocycles. The fourth-order valence-corrected chi connectivity index (χ4v) is 2.93. The molecule has 2 fully saturated rings. The Labute approximate surface area is 96.6 Å². The normalized spacial score (nSPS) is 34.4. The lowest BCUT2D eigenvalue weighted by molar-refractivity contribution is -0.142. The molecule has 0 bridgehead atoms. The van der Waals surface area contributed by atoms with Gasteiger partial charge in [0, 0.05) is 19.1 Å². The monoisotopic (exact) mass is 218 g/mol. The summed E-state index contributed by atoms with van der Waals surface area (Å²) in [6, 6.07) is 10.6. The lowest BCUT2D eigenvalue weighted by Gasteiger charge is -2.41. The first-order chi connectivity index (χ1) is 7.95. The molecule has 3 rings (SSSR count). The Morgan fingerprint density at radius 1 is 0.938 bits per heavy atom. The van der Waals surface area contributed by atoms with E-state index >= 15 is 0 Å². The molecule has 0 saturated carbocycles. The summed E-state index contributed by atoms with van der Waals surface area (Å²) in [6.07, 6.45) is 4.15. The molecule has 1 aromatic rings. The van der Waals surface area contributed by atoms with Crippen LogP contribution in [0, 0.1) is 5.92 Å². The molecule has 0 amide bonds. The van der Waals surface area contributed by atoms with Gasteiger partial charge >= 0.3 is 0 Å². The molecule has 2 aliphatic rings. The van der Waals surface area contributed by atoms with E-state index in [1.54, 1.807) is 0 Å². The first-order valence-electron chi connectivity index (χ1n) is 6.23. The van der Waals surface area contributed by atoms with E-state index in [-0.39, 0.29) is 6.10 Å². The van der Waals surface area contributed by atoms with Crippen molar-refractivity contribution in [1.82, 2.24) is 0 Å². The Morgan fingerprint density at radius 3 is 2.69 bits per heavy atom. The summed E-state index contributed by atoms with van der Waals surface area (Å²) >= 11 is 0. The van der Waals surface area contributed by atoms with Gasteiger partial charge in [-0.05, 0) is 24.8 Å². The van der Waals surface area contributed by atoms with Crippen LogP contribution >= 0.6 is 0 Å². The molecule has 0 aliphatic carbocycles. The van der Waals surface area contributed by atoms with Crippen molar-refractivity contribution in [3.05, 3.63) is 35.9 Å². The first kappa shape index (κ1) is 10.3. The number of hydrogen-bond acceptors (Lipinski definition) is 2. The Kier molecular flexibility index (Phi) is 2.94. The van der Waals surface area contributed by atoms with Crippen molar-refractivity contribution >= 4 is 0 Å². The van der Waals surface area contributed by atoms with Gasteiger partial charge in [-0.1, -0.05) is 30.3 Å². The van der Waals surface area contributed by atoms with Crippen molar-refractivity contribution in [1.29, 1.82) is 0 Å². The van der Waals surface area contributed by atoms with Crippen molar-refractivity contribution < 1.29 is 9.47 Å². The molecule has 3 atom stereocenters. The maximum atomic E-state index is 5.95. The van der Waals surface area contributed by atoms with Gasteiger partial charge in [0.25, 0.3) is 0 Å². The largest absolute Gasteiger partial charge is 0.378 e. The first-order valence-corrected chi connectivity index (χ1v) is 6.23. The third-order valence-corrected chi connectivity index (χ3v) is 3.71. The van der Waals surface area contributed by atoms with Crippen molar-refractivity contribution in [3.8, 4) is 0 Å². The van der Waals surface area contributed by atoms with Crippen LogP contribution in [0.3, 0.4) is 0 Å². The molecule has 86 valence electrons. The van der Waals surface area contributed by atoms with Crippen LogP contribution in [0.4, 0.5) is 0 Å². The van der Waals surface area contributed by atoms with Crippen molar-refractivity contribution in [3.63, 3.8) is 0 Å². The molecule has 0 unspecified atom stereocenters. The molecular weight excluding hydrogens is 200 g/mol. The van der Waals surface area contributed by atoms with Crippen LogP contribution in [0.2, 0.25) is 0 Å². The number of hydrogen-bond donors (Lipinski definition) is 0. The number of ether oxygens (including phenoxy) is 2. The fraction of sp³-hybridized carbons (Fsp3) is 0.571. The highest BCUT2D eigenvalue weighted by Crippen LogP contribution is 2.40. The average Bonchev–Trinajstić information content (AvgIpc) is 2.39. The van der Waals surface area contributed by atoms with E-state index in [2.05, 4.69) is 30.3 Å². The zero-order valence-corrected chi connectivity index (χ0v) is 9.47. The molecule has 16 heavy (non-hydrogen) atoms. The van der Waals surface area contributed by atoms with Crippen LogP contribution in [-0.2, 0) is 9.47 Å². The summed E-state index contributed by atoms with van der Waals surface area (Å²) in [5, 5.41) is 0. The number of fused-ring (bicyclic) bond motifs is 1. The van der Waals surface area contributed by atoms with Crippen LogP contribution in [0.25, 0.3) is 0 Å². The van der Waals surface area contributed by atoms with Gasteiger partial charge in [0.2, 0.25) is 0 Å². The summed E-state index contributed by atoms with van der Waals surface area (Å²) in [7, 11) is 0. The molecule has 2 nitrogen and oxygen atoms in total. The lowest BCUT2D eigenvalue weighted by Crippen LogP contribution is -2.39. The van der Waals surface area contributed by atoms with Crippen LogP contribution in [-0.4, -0.2) is 19.3 Å². The molecule has 1 aromatic carbocycles. The van der Waals surface area contributed by atoms with Gasteiger partial charge in [0.15, 0.2) is 0 Å². The molecule has 0 aromatic heterocycles. The van der Waals surface area contributed by atoms with Gasteiger partial charge in [-0.2, -0.15) is 0 Å². The van der Waals surface area contributed by atoms with Crippen molar-refractivity contribution in [2.75, 3.05) is 13.2 Å². The summed E-state index contributed by atoms with van der Waals surface area (Å²) < 4.78 is 11.8. The summed E-state index contributed by atoms with van der Waals surface area (Å²) in [6.45, 7) is 1.77. The quantitative estimate of drug-likeness (QED) is 0.721. The fourth-order valence-electron chi connectivity index (χ4n) is 2.93. The highest BCUT2D eigenvalue weighted by molar-refractivity contribution is 5.19. The minimum Gasteiger partial charge on any atom is -0.378 e. The minimum absolute atomic E-state index is 0.250. The predicted molar refractivity (Wildman–Crippen MR) is 62.2 cm³/mol. The molecule has 2 heterocycles. The van der Waals surface area contributed by atoms with E-state index in [0.717, 1.165) is 19.6 Å². The smallest absolute Gasteiger partial charge is 0.0877 e. The van der Waals surface area contributed by atoms with E-state index in [1.807, 2.05) is 0 Å². The van der Waals surface area contributed by atoms with Gasteiger partial charge in [0.1, 0.15) is 0 Å². The highest BCUT2D eigenvalue weighted by Gasteiger charge is 2.37. The van der Waals surface area contributed by atoms with Crippen LogP contribution < -0.4 is 0 Å². The van der Waals surface area contributed by atoms with Crippen molar-refractivity contribution in [2.24, 2.45) is 5.92 Å². The second-order valence-electron chi connectivity index (χ2n) is 4.71. The van der Waals surface area contributed by atoms with E-state index in [0.29, 0.717) is 12.0 Å². The van der Waals surface area contributed by atoms with Gasteiger partial charge in [0.05, 0.1) is 12.2 Å². The minimum atomic E-state index is 0.250. The Balaban J connectivity index is 1.83. The summed E-state index contributed by atoms with van der Waals surface area (Å²) in [5.74, 6) is 0.560. The van der Waals surface area contributed by atoms with E-state index < -0.39 is 0 Å². The maximum absolute atomic E-state index is 5.95. The standard InChI is InChI=1S/C14H18O2/c1-2-5-11(6-3-1)14-12-7-4-9-15-13(12)8-10-16-14/h1-3,5-6,12-14H,4,7-10H2/t12-,13-,14-/m0/s1. The Hall–Kier alpha value is -0.860. The molecule has 2 aliphatic heterocycles. The maximum Gasteiger partial charge on any atom is 0.0877 e. The van der Waals surface area contributed by atoms with Crippen molar-refractivity contribution in [2.45, 2.75) is 31.5 Å². The second-order valence-corrected chi connectivity index (χ2v) is 4.71. The highest BCUT2D eigenvalue weighted by atomic mass is 16.5. The van der Waals surface area contributed by atoms with E-state index in [4.69, 9.17) is 9.47 Å². The van der Waals surface area contributed by atoms with E-state index in [1.165, 1.54) is 18.4 Å². The molecule has 0 spiro atoms. The van der Waals surface area contributed by atoms with Crippen LogP contribution in [0.5, 0.6) is 0 Å². The predicted octanol–water partition coefficient (Wildman–Crippen LogP) is 2.94. The SMILES string of the molecule is c1ccc([C@@H]2OCC[C@@H]3OCCC[C@@H]32)cc1. The average molecular weight is 218 g/mol.